The van der Waals surface area contributed by atoms with E-state index in [4.69, 9.17) is 5.11 Å². The monoisotopic (exact) mass is 298 g/mol. The van der Waals surface area contributed by atoms with Crippen LogP contribution in [-0.2, 0) is 4.79 Å². The summed E-state index contributed by atoms with van der Waals surface area (Å²) in [6.45, 7) is 3.56. The highest BCUT2D eigenvalue weighted by molar-refractivity contribution is 5.79. The Morgan fingerprint density at radius 1 is 1.29 bits per heavy atom. The van der Waals surface area contributed by atoms with Gasteiger partial charge in [0.1, 0.15) is 0 Å². The number of carboxylic acid groups (broad SMARTS) is 1. The molecule has 120 valence electrons. The number of carboxylic acids is 1. The molecule has 2 atom stereocenters. The second-order valence-corrected chi connectivity index (χ2v) is 6.53. The van der Waals surface area contributed by atoms with E-state index >= 15 is 0 Å². The van der Waals surface area contributed by atoms with Gasteiger partial charge in [-0.3, -0.25) is 4.79 Å². The Morgan fingerprint density at radius 2 is 2.05 bits per heavy atom. The maximum Gasteiger partial charge on any atom is 0.320 e. The highest BCUT2D eigenvalue weighted by Gasteiger charge is 2.41. The first-order valence-electron chi connectivity index (χ1n) is 7.88. The lowest BCUT2D eigenvalue weighted by molar-refractivity contribution is -0.150. The lowest BCUT2D eigenvalue weighted by Gasteiger charge is -2.40. The molecule has 0 radical (unpaired) electrons. The molecule has 0 aromatic heterocycles. The van der Waals surface area contributed by atoms with Crippen molar-refractivity contribution < 1.29 is 19.8 Å². The predicted octanol–water partition coefficient (Wildman–Crippen LogP) is 1.53. The SMILES string of the molecule is CC1(C(=O)O)CCCN(C(=O)N2CCCC2CCCO)C1. The minimum Gasteiger partial charge on any atom is -0.481 e. The van der Waals surface area contributed by atoms with Gasteiger partial charge in [0.2, 0.25) is 0 Å². The van der Waals surface area contributed by atoms with E-state index in [2.05, 4.69) is 0 Å². The van der Waals surface area contributed by atoms with Crippen LogP contribution >= 0.6 is 0 Å². The molecule has 2 aliphatic heterocycles. The van der Waals surface area contributed by atoms with E-state index in [1.165, 1.54) is 0 Å². The highest BCUT2D eigenvalue weighted by atomic mass is 16.4. The first-order chi connectivity index (χ1) is 9.98. The van der Waals surface area contributed by atoms with Gasteiger partial charge in [-0.15, -0.1) is 0 Å². The molecule has 2 rings (SSSR count). The van der Waals surface area contributed by atoms with Crippen molar-refractivity contribution in [1.29, 1.82) is 0 Å². The molecule has 0 saturated carbocycles. The molecule has 0 aromatic rings. The van der Waals surface area contributed by atoms with Crippen molar-refractivity contribution in [2.24, 2.45) is 5.41 Å². The number of carbonyl (C=O) groups excluding carboxylic acids is 1. The standard InChI is InChI=1S/C15H26N2O4/c1-15(13(19)20)7-4-8-16(11-15)14(21)17-9-2-5-12(17)6-3-10-18/h12,18H,2-11H2,1H3,(H,19,20). The van der Waals surface area contributed by atoms with Crippen LogP contribution in [0.1, 0.15) is 45.4 Å². The molecule has 0 spiro atoms. The van der Waals surface area contributed by atoms with Crippen molar-refractivity contribution in [2.45, 2.75) is 51.5 Å². The normalized spacial score (nSPS) is 29.7. The summed E-state index contributed by atoms with van der Waals surface area (Å²) in [6, 6.07) is 0.172. The Bertz CT molecular complexity index is 401. The number of hydrogen-bond donors (Lipinski definition) is 2. The molecule has 2 amide bonds. The molecule has 2 fully saturated rings. The highest BCUT2D eigenvalue weighted by Crippen LogP contribution is 2.31. The quantitative estimate of drug-likeness (QED) is 0.824. The van der Waals surface area contributed by atoms with Crippen LogP contribution in [-0.4, -0.2) is 64.3 Å². The lowest BCUT2D eigenvalue weighted by atomic mass is 9.82. The van der Waals surface area contributed by atoms with E-state index in [1.807, 2.05) is 4.90 Å². The van der Waals surface area contributed by atoms with E-state index < -0.39 is 11.4 Å². The van der Waals surface area contributed by atoms with Crippen molar-refractivity contribution in [3.05, 3.63) is 0 Å². The van der Waals surface area contributed by atoms with Gasteiger partial charge in [0.15, 0.2) is 0 Å². The maximum atomic E-state index is 12.7. The van der Waals surface area contributed by atoms with Gasteiger partial charge in [0, 0.05) is 32.3 Å². The van der Waals surface area contributed by atoms with Crippen LogP contribution in [0.3, 0.4) is 0 Å². The maximum absolute atomic E-state index is 12.7. The minimum atomic E-state index is -0.825. The minimum absolute atomic E-state index is 0.0254. The molecule has 6 heteroatoms. The third-order valence-electron chi connectivity index (χ3n) is 4.80. The van der Waals surface area contributed by atoms with Gasteiger partial charge in [0.05, 0.1) is 5.41 Å². The number of aliphatic hydroxyl groups is 1. The van der Waals surface area contributed by atoms with Gasteiger partial charge >= 0.3 is 12.0 Å². The summed E-state index contributed by atoms with van der Waals surface area (Å²) in [5.74, 6) is -0.821. The van der Waals surface area contributed by atoms with Gasteiger partial charge in [-0.05, 0) is 45.4 Å². The summed E-state index contributed by atoms with van der Waals surface area (Å²) in [4.78, 5) is 27.7. The van der Waals surface area contributed by atoms with Crippen molar-refractivity contribution >= 4 is 12.0 Å². The van der Waals surface area contributed by atoms with Gasteiger partial charge in [-0.25, -0.2) is 4.79 Å². The number of aliphatic carboxylic acids is 1. The molecule has 2 unspecified atom stereocenters. The second kappa shape index (κ2) is 6.64. The Labute approximate surface area is 125 Å². The third-order valence-corrected chi connectivity index (χ3v) is 4.80. The first-order valence-corrected chi connectivity index (χ1v) is 7.88. The number of nitrogens with zero attached hydrogens (tertiary/aromatic N) is 2. The van der Waals surface area contributed by atoms with Crippen molar-refractivity contribution in [2.75, 3.05) is 26.2 Å². The molecule has 6 nitrogen and oxygen atoms in total. The summed E-state index contributed by atoms with van der Waals surface area (Å²) in [7, 11) is 0. The molecule has 0 aromatic carbocycles. The largest absolute Gasteiger partial charge is 0.481 e. The topological polar surface area (TPSA) is 81.1 Å². The van der Waals surface area contributed by atoms with E-state index in [-0.39, 0.29) is 18.7 Å². The summed E-state index contributed by atoms with van der Waals surface area (Å²) in [6.07, 6.45) is 4.87. The summed E-state index contributed by atoms with van der Waals surface area (Å²) < 4.78 is 0. The Balaban J connectivity index is 2.00. The van der Waals surface area contributed by atoms with Crippen molar-refractivity contribution in [3.63, 3.8) is 0 Å². The Hall–Kier alpha value is -1.30. The summed E-state index contributed by atoms with van der Waals surface area (Å²) >= 11 is 0. The number of hydrogen-bond acceptors (Lipinski definition) is 3. The van der Waals surface area contributed by atoms with E-state index in [9.17, 15) is 14.7 Å². The van der Waals surface area contributed by atoms with Crippen LogP contribution < -0.4 is 0 Å². The zero-order valence-electron chi connectivity index (χ0n) is 12.8. The number of likely N-dealkylation sites (tertiary alicyclic amines) is 2. The van der Waals surface area contributed by atoms with Crippen LogP contribution in [0, 0.1) is 5.41 Å². The van der Waals surface area contributed by atoms with Crippen LogP contribution in [0.25, 0.3) is 0 Å². The van der Waals surface area contributed by atoms with E-state index in [0.29, 0.717) is 25.9 Å². The van der Waals surface area contributed by atoms with Crippen molar-refractivity contribution in [1.82, 2.24) is 9.80 Å². The lowest BCUT2D eigenvalue weighted by Crippen LogP contribution is -2.53. The fourth-order valence-corrected chi connectivity index (χ4v) is 3.47. The van der Waals surface area contributed by atoms with Crippen LogP contribution in [0.15, 0.2) is 0 Å². The molecule has 2 aliphatic rings. The van der Waals surface area contributed by atoms with Crippen LogP contribution in [0.2, 0.25) is 0 Å². The number of carbonyl (C=O) groups is 2. The molecule has 2 saturated heterocycles. The van der Waals surface area contributed by atoms with Crippen molar-refractivity contribution in [3.8, 4) is 0 Å². The predicted molar refractivity (Wildman–Crippen MR) is 78.0 cm³/mol. The zero-order valence-corrected chi connectivity index (χ0v) is 12.8. The van der Waals surface area contributed by atoms with Gasteiger partial charge < -0.3 is 20.0 Å². The van der Waals surface area contributed by atoms with Crippen LogP contribution in [0.4, 0.5) is 4.79 Å². The number of piperidine rings is 1. The molecule has 2 heterocycles. The molecule has 2 N–H and O–H groups in total. The Kier molecular flexibility index (Phi) is 5.08. The van der Waals surface area contributed by atoms with E-state index in [0.717, 1.165) is 32.2 Å². The molecule has 0 aliphatic carbocycles. The third kappa shape index (κ3) is 3.48. The van der Waals surface area contributed by atoms with Gasteiger partial charge in [0.25, 0.3) is 0 Å². The second-order valence-electron chi connectivity index (χ2n) is 6.53. The zero-order chi connectivity index (χ0) is 15.5. The smallest absolute Gasteiger partial charge is 0.320 e. The molecular formula is C15H26N2O4. The molecule has 0 bridgehead atoms. The number of aliphatic hydroxyl groups excluding tert-OH is 1. The fraction of sp³-hybridized carbons (Fsp3) is 0.867. The average molecular weight is 298 g/mol. The van der Waals surface area contributed by atoms with Crippen LogP contribution in [0.5, 0.6) is 0 Å². The molecular weight excluding hydrogens is 272 g/mol. The van der Waals surface area contributed by atoms with E-state index in [1.54, 1.807) is 11.8 Å². The van der Waals surface area contributed by atoms with Gasteiger partial charge in [-0.1, -0.05) is 0 Å². The van der Waals surface area contributed by atoms with Gasteiger partial charge in [-0.2, -0.15) is 0 Å². The average Bonchev–Trinajstić information content (AvgIpc) is 2.92. The summed E-state index contributed by atoms with van der Waals surface area (Å²) in [5.41, 5.74) is -0.825. The first kappa shape index (κ1) is 16.1. The molecule has 21 heavy (non-hydrogen) atoms. The number of rotatable bonds is 4. The number of amides is 2. The fourth-order valence-electron chi connectivity index (χ4n) is 3.47. The Morgan fingerprint density at radius 3 is 2.71 bits per heavy atom. The summed E-state index contributed by atoms with van der Waals surface area (Å²) in [5, 5.41) is 18.3. The number of urea groups is 1.